The van der Waals surface area contributed by atoms with Gasteiger partial charge in [0.1, 0.15) is 17.4 Å². The zero-order valence-electron chi connectivity index (χ0n) is 17.4. The maximum atomic E-state index is 14.3. The van der Waals surface area contributed by atoms with Crippen LogP contribution in [0, 0.1) is 5.82 Å². The number of aromatic nitrogens is 8. The normalized spacial score (nSPS) is 16.1. The van der Waals surface area contributed by atoms with Crippen LogP contribution in [0.25, 0.3) is 17.0 Å². The quantitative estimate of drug-likeness (QED) is 0.388. The van der Waals surface area contributed by atoms with Gasteiger partial charge in [-0.15, -0.1) is 23.4 Å². The number of pyridine rings is 1. The number of H-pyrrole nitrogens is 1. The van der Waals surface area contributed by atoms with Crippen molar-refractivity contribution in [2.75, 3.05) is 6.54 Å². The second-order valence-corrected chi connectivity index (χ2v) is 7.73. The third kappa shape index (κ3) is 3.43. The molecule has 1 aliphatic heterocycles. The van der Waals surface area contributed by atoms with Gasteiger partial charge in [0.15, 0.2) is 0 Å². The fourth-order valence-corrected chi connectivity index (χ4v) is 4.05. The van der Waals surface area contributed by atoms with Gasteiger partial charge in [0.2, 0.25) is 0 Å². The van der Waals surface area contributed by atoms with Gasteiger partial charge in [0, 0.05) is 31.1 Å². The van der Waals surface area contributed by atoms with E-state index in [1.54, 1.807) is 6.20 Å². The first-order valence-corrected chi connectivity index (χ1v) is 10.2. The first-order valence-electron chi connectivity index (χ1n) is 10.2. The van der Waals surface area contributed by atoms with Gasteiger partial charge in [-0.3, -0.25) is 4.79 Å². The molecular formula is C20H13F4N9O2. The zero-order valence-corrected chi connectivity index (χ0v) is 17.4. The Bertz CT molecular complexity index is 1560. The number of alkyl halides is 3. The van der Waals surface area contributed by atoms with Crippen molar-refractivity contribution >= 4 is 11.4 Å². The summed E-state index contributed by atoms with van der Waals surface area (Å²) in [5.41, 5.74) is 1.80. The minimum absolute atomic E-state index is 0.102. The summed E-state index contributed by atoms with van der Waals surface area (Å²) in [6.07, 6.45) is 0.372. The Morgan fingerprint density at radius 3 is 2.89 bits per heavy atom. The third-order valence-electron chi connectivity index (χ3n) is 5.63. The largest absolute Gasteiger partial charge is 0.504 e. The summed E-state index contributed by atoms with van der Waals surface area (Å²) < 4.78 is 59.3. The maximum absolute atomic E-state index is 14.3. The lowest BCUT2D eigenvalue weighted by Crippen LogP contribution is -2.41. The number of aromatic amines is 1. The number of nitrogens with one attached hydrogen (secondary N) is 1. The Balaban J connectivity index is 1.37. The standard InChI is InChI=1S/C20H13F4N9O2/c21-11-2-1-4-32-14(11)6-13(30-32)16-15-12(25-9-26-15)3-5-31(16)19(34)18-29-28-17(35-18)10-7-27-33(8-10)20(22,23)24/h1-2,4,6-9,16H,3,5H2,(H,25,26)/t16-/m1/s1. The van der Waals surface area contributed by atoms with Crippen molar-refractivity contribution < 1.29 is 26.8 Å². The molecule has 0 saturated heterocycles. The van der Waals surface area contributed by atoms with Crippen molar-refractivity contribution in [3.63, 3.8) is 0 Å². The van der Waals surface area contributed by atoms with E-state index in [0.717, 1.165) is 11.9 Å². The predicted octanol–water partition coefficient (Wildman–Crippen LogP) is 2.71. The third-order valence-corrected chi connectivity index (χ3v) is 5.63. The number of halogens is 4. The van der Waals surface area contributed by atoms with E-state index >= 15 is 0 Å². The second-order valence-electron chi connectivity index (χ2n) is 7.73. The fraction of sp³-hybridized carbons (Fsp3) is 0.200. The van der Waals surface area contributed by atoms with Gasteiger partial charge >= 0.3 is 18.1 Å². The van der Waals surface area contributed by atoms with Gasteiger partial charge in [-0.2, -0.15) is 14.9 Å². The Morgan fingerprint density at radius 2 is 2.11 bits per heavy atom. The minimum Gasteiger partial charge on any atom is -0.412 e. The van der Waals surface area contributed by atoms with Crippen LogP contribution in [0.2, 0.25) is 0 Å². The lowest BCUT2D eigenvalue weighted by Gasteiger charge is -2.32. The number of carbonyl (C=O) groups is 1. The van der Waals surface area contributed by atoms with Gasteiger partial charge in [-0.05, 0) is 18.2 Å². The molecule has 178 valence electrons. The van der Waals surface area contributed by atoms with E-state index in [4.69, 9.17) is 4.42 Å². The lowest BCUT2D eigenvalue weighted by atomic mass is 9.99. The van der Waals surface area contributed by atoms with Crippen molar-refractivity contribution in [2.45, 2.75) is 18.8 Å². The number of nitrogens with zero attached hydrogens (tertiary/aromatic N) is 8. The summed E-state index contributed by atoms with van der Waals surface area (Å²) in [4.78, 5) is 22.2. The van der Waals surface area contributed by atoms with Crippen LogP contribution in [0.15, 0.2) is 47.5 Å². The summed E-state index contributed by atoms with van der Waals surface area (Å²) in [5.74, 6) is -1.89. The van der Waals surface area contributed by atoms with Crippen LogP contribution in [0.1, 0.15) is 33.8 Å². The van der Waals surface area contributed by atoms with E-state index < -0.39 is 30.0 Å². The van der Waals surface area contributed by atoms with Crippen molar-refractivity contribution in [3.8, 4) is 11.5 Å². The maximum Gasteiger partial charge on any atom is 0.504 e. The molecule has 1 atom stereocenters. The number of amides is 1. The highest BCUT2D eigenvalue weighted by Gasteiger charge is 2.38. The molecule has 6 rings (SSSR count). The average molecular weight is 487 g/mol. The molecule has 0 fully saturated rings. The van der Waals surface area contributed by atoms with E-state index in [-0.39, 0.29) is 28.2 Å². The highest BCUT2D eigenvalue weighted by molar-refractivity contribution is 5.90. The molecule has 0 spiro atoms. The smallest absolute Gasteiger partial charge is 0.412 e. The molecule has 0 bridgehead atoms. The average Bonchev–Trinajstić information content (AvgIpc) is 3.62. The highest BCUT2D eigenvalue weighted by atomic mass is 19.4. The van der Waals surface area contributed by atoms with E-state index in [2.05, 4.69) is 30.4 Å². The molecule has 0 aromatic carbocycles. The Labute approximate surface area is 192 Å². The van der Waals surface area contributed by atoms with Crippen molar-refractivity contribution in [1.82, 2.24) is 44.5 Å². The first kappa shape index (κ1) is 21.0. The molecular weight excluding hydrogens is 474 g/mol. The van der Waals surface area contributed by atoms with Crippen molar-refractivity contribution in [3.05, 3.63) is 71.9 Å². The van der Waals surface area contributed by atoms with Crippen LogP contribution in [0.4, 0.5) is 17.6 Å². The lowest BCUT2D eigenvalue weighted by molar-refractivity contribution is -0.212. The second kappa shape index (κ2) is 7.48. The summed E-state index contributed by atoms with van der Waals surface area (Å²) in [5, 5.41) is 15.1. The SMILES string of the molecule is O=C(c1nnc(-c2cnn(C(F)(F)F)c2)o1)N1CCc2[nH]cnc2[C@H]1c1cc2c(F)cccn2n1. The summed E-state index contributed by atoms with van der Waals surface area (Å²) in [6, 6.07) is 3.53. The van der Waals surface area contributed by atoms with Gasteiger partial charge in [0.25, 0.3) is 5.89 Å². The molecule has 1 aliphatic rings. The van der Waals surface area contributed by atoms with E-state index in [1.165, 1.54) is 33.9 Å². The molecule has 6 heterocycles. The number of imidazole rings is 1. The number of fused-ring (bicyclic) bond motifs is 2. The fourth-order valence-electron chi connectivity index (χ4n) is 4.05. The molecule has 1 amide bonds. The minimum atomic E-state index is -4.72. The predicted molar refractivity (Wildman–Crippen MR) is 107 cm³/mol. The molecule has 0 unspecified atom stereocenters. The Hall–Kier alpha value is -4.56. The van der Waals surface area contributed by atoms with Crippen LogP contribution in [-0.4, -0.2) is 56.9 Å². The molecule has 35 heavy (non-hydrogen) atoms. The molecule has 11 nitrogen and oxygen atoms in total. The number of carbonyl (C=O) groups excluding carboxylic acids is 1. The molecule has 0 aliphatic carbocycles. The molecule has 0 saturated carbocycles. The van der Waals surface area contributed by atoms with Crippen molar-refractivity contribution in [2.24, 2.45) is 0 Å². The van der Waals surface area contributed by atoms with Crippen LogP contribution >= 0.6 is 0 Å². The molecule has 5 aromatic heterocycles. The van der Waals surface area contributed by atoms with Crippen LogP contribution in [0.5, 0.6) is 0 Å². The van der Waals surface area contributed by atoms with Gasteiger partial charge in [0.05, 0.1) is 29.5 Å². The first-order chi connectivity index (χ1) is 16.8. The van der Waals surface area contributed by atoms with E-state index in [9.17, 15) is 22.4 Å². The van der Waals surface area contributed by atoms with E-state index in [0.29, 0.717) is 24.0 Å². The molecule has 15 heteroatoms. The van der Waals surface area contributed by atoms with Gasteiger partial charge < -0.3 is 14.3 Å². The molecule has 5 aromatic rings. The van der Waals surface area contributed by atoms with Crippen LogP contribution in [-0.2, 0) is 12.7 Å². The Kier molecular flexibility index (Phi) is 4.49. The number of hydrogen-bond acceptors (Lipinski definition) is 7. The van der Waals surface area contributed by atoms with Crippen LogP contribution in [0.3, 0.4) is 0 Å². The van der Waals surface area contributed by atoms with Gasteiger partial charge in [-0.25, -0.2) is 13.9 Å². The van der Waals surface area contributed by atoms with Crippen LogP contribution < -0.4 is 0 Å². The number of rotatable bonds is 3. The van der Waals surface area contributed by atoms with E-state index in [1.807, 2.05) is 0 Å². The summed E-state index contributed by atoms with van der Waals surface area (Å²) in [7, 11) is 0. The summed E-state index contributed by atoms with van der Waals surface area (Å²) >= 11 is 0. The highest BCUT2D eigenvalue weighted by Crippen LogP contribution is 2.35. The summed E-state index contributed by atoms with van der Waals surface area (Å²) in [6.45, 7) is 0.221. The molecule has 0 radical (unpaired) electrons. The Morgan fingerprint density at radius 1 is 1.26 bits per heavy atom. The van der Waals surface area contributed by atoms with Crippen molar-refractivity contribution in [1.29, 1.82) is 0 Å². The van der Waals surface area contributed by atoms with Gasteiger partial charge in [-0.1, -0.05) is 0 Å². The number of hydrogen-bond donors (Lipinski definition) is 1. The monoisotopic (exact) mass is 487 g/mol. The molecule has 1 N–H and O–H groups in total. The zero-order chi connectivity index (χ0) is 24.3. The topological polar surface area (TPSA) is 123 Å².